The summed E-state index contributed by atoms with van der Waals surface area (Å²) >= 11 is 0. The number of hydrogen-bond donors (Lipinski definition) is 3. The Morgan fingerprint density at radius 1 is 0.262 bits per heavy atom. The predicted octanol–water partition coefficient (Wildman–Crippen LogP) is 25.3. The normalized spacial score (nSPS) is 13.9. The fourth-order valence-electron chi connectivity index (χ4n) is 13.0. The van der Waals surface area contributed by atoms with Gasteiger partial charge in [-0.25, -0.2) is 9.13 Å². The SMILES string of the molecule is CCCCCCCCCCCCCCCCCCCCCC(=O)O[C@H](COC(=O)CCCCCCCCCCCCCCCCC(C)C)COP(=O)(O)OC[C@@H](O)COP(=O)(O)OC[C@@H](COC(=O)CCCCCCCCCCC(C)C)OC(=O)CCCCCCCCCCCCCCCC(C)C. The van der Waals surface area contributed by atoms with Crippen molar-refractivity contribution in [2.75, 3.05) is 39.6 Å². The van der Waals surface area contributed by atoms with Crippen molar-refractivity contribution in [3.8, 4) is 0 Å². The first-order chi connectivity index (χ1) is 49.7. The molecule has 0 spiro atoms. The summed E-state index contributed by atoms with van der Waals surface area (Å²) in [5.41, 5.74) is 0. The Hall–Kier alpha value is -1.94. The molecule has 612 valence electrons. The zero-order chi connectivity index (χ0) is 75.8. The van der Waals surface area contributed by atoms with Crippen LogP contribution in [0.15, 0.2) is 0 Å². The Bertz CT molecular complexity index is 1990. The van der Waals surface area contributed by atoms with E-state index in [1.165, 1.54) is 250 Å². The predicted molar refractivity (Wildman–Crippen MR) is 423 cm³/mol. The lowest BCUT2D eigenvalue weighted by Crippen LogP contribution is -2.30. The molecule has 0 aromatic carbocycles. The molecule has 0 saturated carbocycles. The number of esters is 4. The molecule has 17 nitrogen and oxygen atoms in total. The van der Waals surface area contributed by atoms with Crippen molar-refractivity contribution in [3.63, 3.8) is 0 Å². The molecule has 0 saturated heterocycles. The van der Waals surface area contributed by atoms with E-state index in [0.29, 0.717) is 25.7 Å². The average Bonchev–Trinajstić information content (AvgIpc) is 0.922. The monoisotopic (exact) mass is 1510 g/mol. The van der Waals surface area contributed by atoms with Crippen LogP contribution in [-0.2, 0) is 65.4 Å². The summed E-state index contributed by atoms with van der Waals surface area (Å²) < 4.78 is 68.8. The Morgan fingerprint density at radius 3 is 0.660 bits per heavy atom. The van der Waals surface area contributed by atoms with Crippen LogP contribution in [0.2, 0.25) is 0 Å². The number of phosphoric ester groups is 2. The minimum Gasteiger partial charge on any atom is -0.462 e. The molecule has 0 amide bonds. The van der Waals surface area contributed by atoms with E-state index in [1.807, 2.05) is 0 Å². The quantitative estimate of drug-likeness (QED) is 0.0222. The second-order valence-corrected chi connectivity index (χ2v) is 34.6. The minimum absolute atomic E-state index is 0.107. The topological polar surface area (TPSA) is 237 Å². The zero-order valence-electron chi connectivity index (χ0n) is 67.8. The van der Waals surface area contributed by atoms with E-state index in [9.17, 15) is 43.2 Å². The van der Waals surface area contributed by atoms with E-state index < -0.39 is 97.5 Å². The van der Waals surface area contributed by atoms with Crippen LogP contribution in [0.1, 0.15) is 440 Å². The molecular weight excluding hydrogens is 1340 g/mol. The van der Waals surface area contributed by atoms with Gasteiger partial charge in [0.25, 0.3) is 0 Å². The number of aliphatic hydroxyl groups excluding tert-OH is 1. The van der Waals surface area contributed by atoms with Crippen LogP contribution in [0.25, 0.3) is 0 Å². The number of phosphoric acid groups is 2. The number of ether oxygens (including phenoxy) is 4. The summed E-state index contributed by atoms with van der Waals surface area (Å²) in [6, 6.07) is 0. The number of carbonyl (C=O) groups is 4. The fourth-order valence-corrected chi connectivity index (χ4v) is 14.6. The molecule has 5 atom stereocenters. The average molecular weight is 1510 g/mol. The van der Waals surface area contributed by atoms with Gasteiger partial charge in [-0.05, 0) is 43.4 Å². The maximum absolute atomic E-state index is 13.1. The van der Waals surface area contributed by atoms with Gasteiger partial charge in [-0.1, -0.05) is 389 Å². The second kappa shape index (κ2) is 74.2. The number of rotatable bonds is 82. The molecule has 0 aromatic rings. The molecule has 0 aliphatic carbocycles. The molecule has 2 unspecified atom stereocenters. The van der Waals surface area contributed by atoms with Gasteiger partial charge in [0.05, 0.1) is 26.4 Å². The second-order valence-electron chi connectivity index (χ2n) is 31.6. The van der Waals surface area contributed by atoms with Gasteiger partial charge < -0.3 is 33.8 Å². The first kappa shape index (κ1) is 101. The summed E-state index contributed by atoms with van der Waals surface area (Å²) in [5, 5.41) is 10.7. The molecular formula is C84H164O17P2. The molecule has 0 aliphatic rings. The number of unbranched alkanes of at least 4 members (excludes halogenated alkanes) is 50. The fraction of sp³-hybridized carbons (Fsp3) is 0.952. The Labute approximate surface area is 632 Å². The van der Waals surface area contributed by atoms with Crippen LogP contribution >= 0.6 is 15.6 Å². The van der Waals surface area contributed by atoms with Gasteiger partial charge in [0.2, 0.25) is 0 Å². The first-order valence-electron chi connectivity index (χ1n) is 43.3. The molecule has 0 heterocycles. The van der Waals surface area contributed by atoms with Crippen molar-refractivity contribution in [2.24, 2.45) is 17.8 Å². The number of carbonyl (C=O) groups excluding carboxylic acids is 4. The third kappa shape index (κ3) is 78.0. The van der Waals surface area contributed by atoms with Gasteiger partial charge in [-0.2, -0.15) is 0 Å². The van der Waals surface area contributed by atoms with Crippen molar-refractivity contribution in [1.29, 1.82) is 0 Å². The molecule has 0 fully saturated rings. The smallest absolute Gasteiger partial charge is 0.462 e. The first-order valence-corrected chi connectivity index (χ1v) is 46.3. The molecule has 3 N–H and O–H groups in total. The molecule has 103 heavy (non-hydrogen) atoms. The lowest BCUT2D eigenvalue weighted by atomic mass is 10.0. The van der Waals surface area contributed by atoms with Crippen molar-refractivity contribution >= 4 is 39.5 Å². The minimum atomic E-state index is -4.96. The zero-order valence-corrected chi connectivity index (χ0v) is 69.6. The molecule has 19 heteroatoms. The highest BCUT2D eigenvalue weighted by Crippen LogP contribution is 2.45. The van der Waals surface area contributed by atoms with E-state index in [-0.39, 0.29) is 25.7 Å². The Morgan fingerprint density at radius 2 is 0.447 bits per heavy atom. The summed E-state index contributed by atoms with van der Waals surface area (Å²) in [4.78, 5) is 73.2. The number of hydrogen-bond acceptors (Lipinski definition) is 15. The van der Waals surface area contributed by atoms with Gasteiger partial charge in [-0.15, -0.1) is 0 Å². The molecule has 0 radical (unpaired) electrons. The summed E-state index contributed by atoms with van der Waals surface area (Å²) in [5.74, 6) is 0.205. The maximum atomic E-state index is 13.1. The molecule has 0 aromatic heterocycles. The van der Waals surface area contributed by atoms with Crippen LogP contribution in [-0.4, -0.2) is 96.7 Å². The third-order valence-electron chi connectivity index (χ3n) is 19.6. The van der Waals surface area contributed by atoms with Crippen LogP contribution in [0.3, 0.4) is 0 Å². The van der Waals surface area contributed by atoms with Crippen molar-refractivity contribution < 1.29 is 80.2 Å². The summed E-state index contributed by atoms with van der Waals surface area (Å²) in [6.45, 7) is 12.0. The highest BCUT2D eigenvalue weighted by molar-refractivity contribution is 7.47. The van der Waals surface area contributed by atoms with Gasteiger partial charge >= 0.3 is 39.5 Å². The highest BCUT2D eigenvalue weighted by Gasteiger charge is 2.30. The van der Waals surface area contributed by atoms with Crippen molar-refractivity contribution in [3.05, 3.63) is 0 Å². The Kier molecular flexibility index (Phi) is 72.8. The molecule has 0 bridgehead atoms. The van der Waals surface area contributed by atoms with E-state index in [4.69, 9.17) is 37.0 Å². The maximum Gasteiger partial charge on any atom is 0.472 e. The van der Waals surface area contributed by atoms with Crippen LogP contribution in [0, 0.1) is 17.8 Å². The van der Waals surface area contributed by atoms with Gasteiger partial charge in [0.15, 0.2) is 12.2 Å². The Balaban J connectivity index is 5.25. The van der Waals surface area contributed by atoms with Crippen molar-refractivity contribution in [2.45, 2.75) is 458 Å². The summed E-state index contributed by atoms with van der Waals surface area (Å²) in [6.07, 6.45) is 63.9. The summed E-state index contributed by atoms with van der Waals surface area (Å²) in [7, 11) is -9.93. The third-order valence-corrected chi connectivity index (χ3v) is 21.5. The lowest BCUT2D eigenvalue weighted by Gasteiger charge is -2.21. The van der Waals surface area contributed by atoms with Crippen molar-refractivity contribution in [1.82, 2.24) is 0 Å². The standard InChI is InChI=1S/C84H164O17P2/c1-8-9-10-11-12-13-14-15-16-17-18-19-20-27-32-37-46-53-60-67-83(88)100-79(71-94-81(86)65-58-51-44-36-31-26-22-21-24-29-34-41-48-55-62-75(2)3)73-98-102(90,91)96-69-78(85)70-97-103(92,93)99-74-80(72-95-82(87)66-59-52-45-40-39-43-50-57-64-77(6)7)101-84(89)68-61-54-47-38-33-28-23-25-30-35-42-49-56-63-76(4)5/h75-80,85H,8-74H2,1-7H3,(H,90,91)(H,92,93)/t78-,79-,80-/m1/s1. The number of aliphatic hydroxyl groups is 1. The van der Waals surface area contributed by atoms with Gasteiger partial charge in [0, 0.05) is 25.7 Å². The largest absolute Gasteiger partial charge is 0.472 e. The van der Waals surface area contributed by atoms with Gasteiger partial charge in [-0.3, -0.25) is 37.3 Å². The molecule has 0 rings (SSSR count). The van der Waals surface area contributed by atoms with E-state index in [0.717, 1.165) is 108 Å². The highest BCUT2D eigenvalue weighted by atomic mass is 31.2. The van der Waals surface area contributed by atoms with E-state index >= 15 is 0 Å². The molecule has 0 aliphatic heterocycles. The van der Waals surface area contributed by atoms with Crippen LogP contribution in [0.5, 0.6) is 0 Å². The van der Waals surface area contributed by atoms with E-state index in [2.05, 4.69) is 48.5 Å². The van der Waals surface area contributed by atoms with Gasteiger partial charge in [0.1, 0.15) is 19.3 Å². The lowest BCUT2D eigenvalue weighted by molar-refractivity contribution is -0.161. The van der Waals surface area contributed by atoms with Crippen LogP contribution < -0.4 is 0 Å². The van der Waals surface area contributed by atoms with Crippen LogP contribution in [0.4, 0.5) is 0 Å². The van der Waals surface area contributed by atoms with E-state index in [1.54, 1.807) is 0 Å².